The molecular weight excluding hydrogens is 210 g/mol. The van der Waals surface area contributed by atoms with Crippen LogP contribution in [-0.2, 0) is 0 Å². The van der Waals surface area contributed by atoms with Crippen molar-refractivity contribution in [3.05, 3.63) is 59.7 Å². The smallest absolute Gasteiger partial charge is 0.150 e. The van der Waals surface area contributed by atoms with Gasteiger partial charge in [0.25, 0.3) is 0 Å². The van der Waals surface area contributed by atoms with Crippen LogP contribution in [0.5, 0.6) is 0 Å². The van der Waals surface area contributed by atoms with Crippen LogP contribution in [0.4, 0.5) is 8.78 Å². The fourth-order valence-electron chi connectivity index (χ4n) is 1.47. The lowest BCUT2D eigenvalue weighted by atomic mass is 10.0. The van der Waals surface area contributed by atoms with E-state index in [1.54, 1.807) is 24.3 Å². The summed E-state index contributed by atoms with van der Waals surface area (Å²) in [4.78, 5) is 10.4. The van der Waals surface area contributed by atoms with Gasteiger partial charge in [-0.3, -0.25) is 4.79 Å². The molecule has 0 saturated heterocycles. The van der Waals surface area contributed by atoms with Crippen molar-refractivity contribution < 1.29 is 13.6 Å². The molecule has 0 unspecified atom stereocenters. The van der Waals surface area contributed by atoms with Crippen molar-refractivity contribution in [1.82, 2.24) is 0 Å². The fourth-order valence-corrected chi connectivity index (χ4v) is 1.47. The first-order valence-electron chi connectivity index (χ1n) is 4.71. The van der Waals surface area contributed by atoms with Gasteiger partial charge >= 0.3 is 0 Å². The maximum Gasteiger partial charge on any atom is 0.150 e. The summed E-state index contributed by atoms with van der Waals surface area (Å²) in [5.74, 6) is -1.23. The SMILES string of the molecule is O=Cc1ccc(-c2cc(F)cc(F)c2)cc1. The summed E-state index contributed by atoms with van der Waals surface area (Å²) in [5, 5.41) is 0. The lowest BCUT2D eigenvalue weighted by Crippen LogP contribution is -1.85. The van der Waals surface area contributed by atoms with E-state index in [0.29, 0.717) is 16.7 Å². The van der Waals surface area contributed by atoms with Gasteiger partial charge in [-0.15, -0.1) is 0 Å². The van der Waals surface area contributed by atoms with E-state index in [0.717, 1.165) is 12.4 Å². The molecule has 0 aromatic heterocycles. The molecule has 0 amide bonds. The van der Waals surface area contributed by atoms with Gasteiger partial charge in [0.05, 0.1) is 0 Å². The van der Waals surface area contributed by atoms with Crippen LogP contribution in [0.25, 0.3) is 11.1 Å². The van der Waals surface area contributed by atoms with Crippen molar-refractivity contribution in [2.24, 2.45) is 0 Å². The van der Waals surface area contributed by atoms with Gasteiger partial charge < -0.3 is 0 Å². The molecule has 1 nitrogen and oxygen atoms in total. The van der Waals surface area contributed by atoms with Gasteiger partial charge in [-0.1, -0.05) is 24.3 Å². The molecule has 2 aromatic carbocycles. The molecule has 0 N–H and O–H groups in total. The number of carbonyl (C=O) groups is 1. The van der Waals surface area contributed by atoms with Gasteiger partial charge in [0, 0.05) is 11.6 Å². The van der Waals surface area contributed by atoms with Gasteiger partial charge in [0.1, 0.15) is 17.9 Å². The molecule has 0 saturated carbocycles. The van der Waals surface area contributed by atoms with E-state index in [1.807, 2.05) is 0 Å². The Morgan fingerprint density at radius 1 is 0.812 bits per heavy atom. The van der Waals surface area contributed by atoms with Gasteiger partial charge in [-0.2, -0.15) is 0 Å². The average Bonchev–Trinajstić information content (AvgIpc) is 2.28. The Morgan fingerprint density at radius 3 is 1.88 bits per heavy atom. The number of rotatable bonds is 2. The van der Waals surface area contributed by atoms with Gasteiger partial charge in [0.15, 0.2) is 0 Å². The standard InChI is InChI=1S/C13H8F2O/c14-12-5-11(6-13(15)7-12)10-3-1-9(8-16)2-4-10/h1-8H. The van der Waals surface area contributed by atoms with E-state index in [2.05, 4.69) is 0 Å². The highest BCUT2D eigenvalue weighted by Gasteiger charge is 2.02. The highest BCUT2D eigenvalue weighted by molar-refractivity contribution is 5.76. The number of carbonyl (C=O) groups excluding carboxylic acids is 1. The highest BCUT2D eigenvalue weighted by Crippen LogP contribution is 2.21. The van der Waals surface area contributed by atoms with Crippen molar-refractivity contribution in [3.63, 3.8) is 0 Å². The van der Waals surface area contributed by atoms with Crippen LogP contribution in [0.2, 0.25) is 0 Å². The minimum atomic E-state index is -0.616. The first-order valence-corrected chi connectivity index (χ1v) is 4.71. The van der Waals surface area contributed by atoms with E-state index in [4.69, 9.17) is 0 Å². The van der Waals surface area contributed by atoms with Crippen LogP contribution >= 0.6 is 0 Å². The third kappa shape index (κ3) is 2.14. The topological polar surface area (TPSA) is 17.1 Å². The second kappa shape index (κ2) is 4.23. The maximum atomic E-state index is 13.0. The Morgan fingerprint density at radius 2 is 1.38 bits per heavy atom. The van der Waals surface area contributed by atoms with Crippen molar-refractivity contribution in [2.45, 2.75) is 0 Å². The fraction of sp³-hybridized carbons (Fsp3) is 0. The Balaban J connectivity index is 2.45. The van der Waals surface area contributed by atoms with Crippen LogP contribution in [0.1, 0.15) is 10.4 Å². The van der Waals surface area contributed by atoms with Crippen molar-refractivity contribution >= 4 is 6.29 Å². The molecule has 3 heteroatoms. The number of hydrogen-bond donors (Lipinski definition) is 0. The minimum Gasteiger partial charge on any atom is -0.298 e. The molecule has 0 atom stereocenters. The van der Waals surface area contributed by atoms with Gasteiger partial charge in [0.2, 0.25) is 0 Å². The number of aldehydes is 1. The first-order chi connectivity index (χ1) is 7.69. The van der Waals surface area contributed by atoms with E-state index in [-0.39, 0.29) is 0 Å². The Hall–Kier alpha value is -2.03. The number of benzene rings is 2. The van der Waals surface area contributed by atoms with E-state index in [1.165, 1.54) is 12.1 Å². The lowest BCUT2D eigenvalue weighted by Gasteiger charge is -2.02. The monoisotopic (exact) mass is 218 g/mol. The van der Waals surface area contributed by atoms with E-state index >= 15 is 0 Å². The lowest BCUT2D eigenvalue weighted by molar-refractivity contribution is 0.112. The molecule has 2 aromatic rings. The van der Waals surface area contributed by atoms with E-state index in [9.17, 15) is 13.6 Å². The molecule has 0 aliphatic heterocycles. The first kappa shape index (κ1) is 10.5. The molecule has 0 bridgehead atoms. The van der Waals surface area contributed by atoms with Crippen LogP contribution in [-0.4, -0.2) is 6.29 Å². The Kier molecular flexibility index (Phi) is 2.77. The van der Waals surface area contributed by atoms with Crippen LogP contribution in [0.15, 0.2) is 42.5 Å². The number of hydrogen-bond acceptors (Lipinski definition) is 1. The molecule has 0 aliphatic rings. The van der Waals surface area contributed by atoms with Gasteiger partial charge in [-0.05, 0) is 23.3 Å². The molecule has 0 radical (unpaired) electrons. The van der Waals surface area contributed by atoms with Crippen molar-refractivity contribution in [1.29, 1.82) is 0 Å². The number of halogens is 2. The van der Waals surface area contributed by atoms with Crippen LogP contribution in [0, 0.1) is 11.6 Å². The molecule has 0 aliphatic carbocycles. The van der Waals surface area contributed by atoms with Crippen molar-refractivity contribution in [3.8, 4) is 11.1 Å². The highest BCUT2D eigenvalue weighted by atomic mass is 19.1. The molecule has 2 rings (SSSR count). The van der Waals surface area contributed by atoms with Crippen molar-refractivity contribution in [2.75, 3.05) is 0 Å². The summed E-state index contributed by atoms with van der Waals surface area (Å²) >= 11 is 0. The van der Waals surface area contributed by atoms with E-state index < -0.39 is 11.6 Å². The summed E-state index contributed by atoms with van der Waals surface area (Å²) in [6.45, 7) is 0. The normalized spacial score (nSPS) is 10.1. The summed E-state index contributed by atoms with van der Waals surface area (Å²) in [7, 11) is 0. The minimum absolute atomic E-state index is 0.454. The quantitative estimate of drug-likeness (QED) is 0.705. The molecular formula is C13H8F2O. The zero-order chi connectivity index (χ0) is 11.5. The average molecular weight is 218 g/mol. The molecule has 16 heavy (non-hydrogen) atoms. The Bertz CT molecular complexity index is 498. The third-order valence-electron chi connectivity index (χ3n) is 2.24. The summed E-state index contributed by atoms with van der Waals surface area (Å²) in [6.07, 6.45) is 0.718. The van der Waals surface area contributed by atoms with Crippen LogP contribution < -0.4 is 0 Å². The zero-order valence-electron chi connectivity index (χ0n) is 8.28. The predicted octanol–water partition coefficient (Wildman–Crippen LogP) is 3.44. The molecule has 0 spiro atoms. The molecule has 0 heterocycles. The molecule has 0 fully saturated rings. The van der Waals surface area contributed by atoms with Crippen LogP contribution in [0.3, 0.4) is 0 Å². The Labute approximate surface area is 91.3 Å². The second-order valence-electron chi connectivity index (χ2n) is 3.40. The largest absolute Gasteiger partial charge is 0.298 e. The summed E-state index contributed by atoms with van der Waals surface area (Å²) < 4.78 is 25.9. The maximum absolute atomic E-state index is 13.0. The third-order valence-corrected chi connectivity index (χ3v) is 2.24. The zero-order valence-corrected chi connectivity index (χ0v) is 8.28. The molecule has 80 valence electrons. The second-order valence-corrected chi connectivity index (χ2v) is 3.40. The predicted molar refractivity (Wildman–Crippen MR) is 57.2 cm³/mol. The summed E-state index contributed by atoms with van der Waals surface area (Å²) in [6, 6.07) is 9.83. The summed E-state index contributed by atoms with van der Waals surface area (Å²) in [5.41, 5.74) is 1.65. The van der Waals surface area contributed by atoms with Gasteiger partial charge in [-0.25, -0.2) is 8.78 Å².